The van der Waals surface area contributed by atoms with E-state index in [1.54, 1.807) is 37.5 Å². The Morgan fingerprint density at radius 1 is 1.28 bits per heavy atom. The first-order valence-electron chi connectivity index (χ1n) is 9.88. The fraction of sp³-hybridized carbons (Fsp3) is 0.273. The number of rotatable bonds is 6. The fourth-order valence-electron chi connectivity index (χ4n) is 3.22. The quantitative estimate of drug-likeness (QED) is 0.275. The van der Waals surface area contributed by atoms with Crippen molar-refractivity contribution in [3.63, 3.8) is 0 Å². The number of aliphatic imine (C=N–C) groups is 1. The van der Waals surface area contributed by atoms with Gasteiger partial charge in [0.2, 0.25) is 11.9 Å². The molecule has 0 aromatic heterocycles. The minimum atomic E-state index is -0.578. The predicted molar refractivity (Wildman–Crippen MR) is 117 cm³/mol. The van der Waals surface area contributed by atoms with Gasteiger partial charge in [0.25, 0.3) is 0 Å². The number of amides is 2. The van der Waals surface area contributed by atoms with Gasteiger partial charge in [0.15, 0.2) is 6.19 Å². The molecule has 2 aromatic rings. The Balaban J connectivity index is 1.67. The van der Waals surface area contributed by atoms with Gasteiger partial charge in [-0.3, -0.25) is 20.0 Å². The lowest BCUT2D eigenvalue weighted by molar-refractivity contribution is -0.119. The number of carbonyl (C=O) groups is 2. The fourth-order valence-corrected chi connectivity index (χ4v) is 3.22. The Labute approximate surface area is 184 Å². The number of halogens is 1. The number of nitrogens with one attached hydrogen (secondary N) is 3. The van der Waals surface area contributed by atoms with Crippen LogP contribution in [0, 0.1) is 17.3 Å². The largest absolute Gasteiger partial charge is 0.442 e. The Bertz CT molecular complexity index is 1060. The van der Waals surface area contributed by atoms with Gasteiger partial charge in [0.05, 0.1) is 18.8 Å². The smallest absolute Gasteiger partial charge is 0.414 e. The molecular formula is C22H23FN6O3. The first-order chi connectivity index (χ1) is 15.4. The molecule has 0 spiro atoms. The number of hydrogen-bond donors (Lipinski definition) is 3. The van der Waals surface area contributed by atoms with Crippen molar-refractivity contribution in [2.45, 2.75) is 19.6 Å². The average Bonchev–Trinajstić information content (AvgIpc) is 3.16. The predicted octanol–water partition coefficient (Wildman–Crippen LogP) is 2.10. The van der Waals surface area contributed by atoms with Crippen molar-refractivity contribution in [2.75, 3.05) is 25.0 Å². The zero-order chi connectivity index (χ0) is 23.1. The molecule has 0 saturated carbocycles. The van der Waals surface area contributed by atoms with Crippen molar-refractivity contribution in [3.8, 4) is 17.3 Å². The van der Waals surface area contributed by atoms with Gasteiger partial charge >= 0.3 is 6.09 Å². The summed E-state index contributed by atoms with van der Waals surface area (Å²) in [6.07, 6.45) is 0.731. The minimum Gasteiger partial charge on any atom is -0.442 e. The second-order valence-corrected chi connectivity index (χ2v) is 7.08. The normalized spacial score (nSPS) is 15.7. The number of carbonyl (C=O) groups excluding carboxylic acids is 2. The maximum absolute atomic E-state index is 14.8. The third kappa shape index (κ3) is 5.51. The molecule has 10 heteroatoms. The van der Waals surface area contributed by atoms with Crippen LogP contribution in [0.15, 0.2) is 47.5 Å². The highest BCUT2D eigenvalue weighted by Gasteiger charge is 2.32. The van der Waals surface area contributed by atoms with E-state index in [0.717, 1.165) is 5.56 Å². The molecule has 1 heterocycles. The summed E-state index contributed by atoms with van der Waals surface area (Å²) in [5.74, 6) is -0.322. The van der Waals surface area contributed by atoms with E-state index >= 15 is 0 Å². The summed E-state index contributed by atoms with van der Waals surface area (Å²) in [7, 11) is 1.56. The van der Waals surface area contributed by atoms with Crippen molar-refractivity contribution in [3.05, 3.63) is 53.8 Å². The SMILES string of the molecule is CN=C(NC#N)NCc1ccc(-c2ccc(N3C[C@H](CNC(C)=O)OC3=O)cc2F)cc1. The molecule has 0 unspecified atom stereocenters. The molecule has 9 nitrogen and oxygen atoms in total. The number of benzene rings is 2. The Kier molecular flexibility index (Phi) is 7.23. The number of nitrogens with zero attached hydrogens (tertiary/aromatic N) is 3. The number of cyclic esters (lactones) is 1. The molecule has 1 aliphatic heterocycles. The summed E-state index contributed by atoms with van der Waals surface area (Å²) in [6, 6.07) is 11.9. The molecule has 3 rings (SSSR count). The van der Waals surface area contributed by atoms with E-state index in [9.17, 15) is 14.0 Å². The number of hydrogen-bond acceptors (Lipinski definition) is 5. The van der Waals surface area contributed by atoms with Crippen LogP contribution in [0.4, 0.5) is 14.9 Å². The molecule has 1 atom stereocenters. The summed E-state index contributed by atoms with van der Waals surface area (Å²) >= 11 is 0. The van der Waals surface area contributed by atoms with Crippen molar-refractivity contribution in [1.29, 1.82) is 5.26 Å². The number of ether oxygens (including phenoxy) is 1. The van der Waals surface area contributed by atoms with Gasteiger partial charge in [-0.2, -0.15) is 5.26 Å². The van der Waals surface area contributed by atoms with Crippen molar-refractivity contribution in [1.82, 2.24) is 16.0 Å². The van der Waals surface area contributed by atoms with Crippen LogP contribution in [-0.4, -0.2) is 44.2 Å². The van der Waals surface area contributed by atoms with Gasteiger partial charge in [-0.15, -0.1) is 0 Å². The third-order valence-corrected chi connectivity index (χ3v) is 4.84. The van der Waals surface area contributed by atoms with Gasteiger partial charge in [-0.1, -0.05) is 24.3 Å². The van der Waals surface area contributed by atoms with Gasteiger partial charge in [-0.25, -0.2) is 9.18 Å². The molecule has 1 saturated heterocycles. The van der Waals surface area contributed by atoms with E-state index in [2.05, 4.69) is 20.9 Å². The molecule has 0 radical (unpaired) electrons. The van der Waals surface area contributed by atoms with Crippen LogP contribution < -0.4 is 20.9 Å². The zero-order valence-electron chi connectivity index (χ0n) is 17.7. The van der Waals surface area contributed by atoms with E-state index < -0.39 is 18.0 Å². The van der Waals surface area contributed by atoms with Crippen molar-refractivity contribution in [2.24, 2.45) is 4.99 Å². The van der Waals surface area contributed by atoms with E-state index in [-0.39, 0.29) is 19.0 Å². The number of guanidine groups is 1. The summed E-state index contributed by atoms with van der Waals surface area (Å²) in [5.41, 5.74) is 2.40. The van der Waals surface area contributed by atoms with E-state index in [0.29, 0.717) is 29.3 Å². The van der Waals surface area contributed by atoms with Crippen LogP contribution in [-0.2, 0) is 16.1 Å². The Morgan fingerprint density at radius 3 is 2.66 bits per heavy atom. The Hall–Kier alpha value is -4.13. The lowest BCUT2D eigenvalue weighted by Gasteiger charge is -2.15. The van der Waals surface area contributed by atoms with Gasteiger partial charge in [-0.05, 0) is 29.3 Å². The first-order valence-corrected chi connectivity index (χ1v) is 9.88. The second-order valence-electron chi connectivity index (χ2n) is 7.08. The molecule has 2 amide bonds. The van der Waals surface area contributed by atoms with E-state index in [1.807, 2.05) is 12.1 Å². The van der Waals surface area contributed by atoms with Crippen LogP contribution in [0.25, 0.3) is 11.1 Å². The molecule has 166 valence electrons. The highest BCUT2D eigenvalue weighted by atomic mass is 19.1. The van der Waals surface area contributed by atoms with E-state index in [4.69, 9.17) is 10.00 Å². The van der Waals surface area contributed by atoms with Crippen LogP contribution in [0.3, 0.4) is 0 Å². The van der Waals surface area contributed by atoms with Gasteiger partial charge in [0.1, 0.15) is 11.9 Å². The average molecular weight is 438 g/mol. The van der Waals surface area contributed by atoms with Gasteiger partial charge in [0, 0.05) is 26.1 Å². The highest BCUT2D eigenvalue weighted by Crippen LogP contribution is 2.29. The summed E-state index contributed by atoms with van der Waals surface area (Å²) in [6.45, 7) is 2.26. The summed E-state index contributed by atoms with van der Waals surface area (Å²) in [5, 5.41) is 16.7. The first kappa shape index (κ1) is 22.6. The maximum atomic E-state index is 14.8. The molecule has 1 fully saturated rings. The number of anilines is 1. The molecule has 0 bridgehead atoms. The molecule has 3 N–H and O–H groups in total. The van der Waals surface area contributed by atoms with Crippen LogP contribution in [0.2, 0.25) is 0 Å². The highest BCUT2D eigenvalue weighted by molar-refractivity contribution is 5.90. The van der Waals surface area contributed by atoms with Crippen LogP contribution >= 0.6 is 0 Å². The standard InChI is InChI=1S/C22H23FN6O3/c1-14(30)26-11-18-12-29(22(31)32-18)17-7-8-19(20(23)9-17)16-5-3-15(4-6-16)10-27-21(25-2)28-13-24/h3-9,18H,10-12H2,1-2H3,(H,26,30)(H2,25,27,28)/t18-/m0/s1. The molecule has 0 aliphatic carbocycles. The summed E-state index contributed by atoms with van der Waals surface area (Å²) in [4.78, 5) is 28.4. The maximum Gasteiger partial charge on any atom is 0.414 e. The minimum absolute atomic E-state index is 0.206. The molecular weight excluding hydrogens is 415 g/mol. The van der Waals surface area contributed by atoms with Crippen LogP contribution in [0.5, 0.6) is 0 Å². The van der Waals surface area contributed by atoms with Gasteiger partial charge < -0.3 is 15.4 Å². The molecule has 2 aromatic carbocycles. The third-order valence-electron chi connectivity index (χ3n) is 4.84. The number of nitriles is 1. The Morgan fingerprint density at radius 2 is 2.03 bits per heavy atom. The van der Waals surface area contributed by atoms with Crippen molar-refractivity contribution < 1.29 is 18.7 Å². The van der Waals surface area contributed by atoms with Crippen molar-refractivity contribution >= 4 is 23.6 Å². The van der Waals surface area contributed by atoms with E-state index in [1.165, 1.54) is 17.9 Å². The monoisotopic (exact) mass is 438 g/mol. The topological polar surface area (TPSA) is 119 Å². The zero-order valence-corrected chi connectivity index (χ0v) is 17.7. The summed E-state index contributed by atoms with van der Waals surface area (Å²) < 4.78 is 20.1. The van der Waals surface area contributed by atoms with Crippen LogP contribution in [0.1, 0.15) is 12.5 Å². The second kappa shape index (κ2) is 10.3. The lowest BCUT2D eigenvalue weighted by Crippen LogP contribution is -2.33. The molecule has 1 aliphatic rings. The molecule has 32 heavy (non-hydrogen) atoms. The lowest BCUT2D eigenvalue weighted by atomic mass is 10.0.